The highest BCUT2D eigenvalue weighted by Gasteiger charge is 2.23. The van der Waals surface area contributed by atoms with Gasteiger partial charge in [-0.1, -0.05) is 44.0 Å². The molecule has 2 atom stereocenters. The van der Waals surface area contributed by atoms with E-state index in [0.717, 1.165) is 18.0 Å². The summed E-state index contributed by atoms with van der Waals surface area (Å²) >= 11 is 0. The molecule has 1 aliphatic carbocycles. The van der Waals surface area contributed by atoms with Gasteiger partial charge in [-0.05, 0) is 36.8 Å². The second-order valence-electron chi connectivity index (χ2n) is 5.91. The Labute approximate surface area is 116 Å². The van der Waals surface area contributed by atoms with Crippen LogP contribution in [0.25, 0.3) is 0 Å². The van der Waals surface area contributed by atoms with Crippen LogP contribution in [0.3, 0.4) is 0 Å². The first-order chi connectivity index (χ1) is 9.08. The van der Waals surface area contributed by atoms with E-state index >= 15 is 0 Å². The van der Waals surface area contributed by atoms with E-state index in [1.54, 1.807) is 6.07 Å². The van der Waals surface area contributed by atoms with Crippen LogP contribution >= 0.6 is 0 Å². The lowest BCUT2D eigenvalue weighted by molar-refractivity contribution is 0.158. The summed E-state index contributed by atoms with van der Waals surface area (Å²) in [6.07, 6.45) is 5.15. The molecule has 3 nitrogen and oxygen atoms in total. The zero-order valence-electron chi connectivity index (χ0n) is 11.9. The van der Waals surface area contributed by atoms with Crippen molar-refractivity contribution in [3.8, 4) is 0 Å². The number of rotatable bonds is 4. The second kappa shape index (κ2) is 6.55. The normalized spacial score (nSPS) is 23.6. The van der Waals surface area contributed by atoms with Crippen molar-refractivity contribution in [1.82, 2.24) is 4.90 Å². The lowest BCUT2D eigenvalue weighted by atomic mass is 9.76. The number of hydrogen-bond donors (Lipinski definition) is 2. The maximum atomic E-state index is 9.41. The van der Waals surface area contributed by atoms with Crippen LogP contribution in [0.2, 0.25) is 0 Å². The van der Waals surface area contributed by atoms with Gasteiger partial charge in [-0.15, -0.1) is 0 Å². The minimum Gasteiger partial charge on any atom is -0.423 e. The summed E-state index contributed by atoms with van der Waals surface area (Å²) in [6.45, 7) is 3.11. The van der Waals surface area contributed by atoms with Crippen molar-refractivity contribution in [3.63, 3.8) is 0 Å². The highest BCUT2D eigenvalue weighted by atomic mass is 16.4. The molecule has 0 saturated heterocycles. The van der Waals surface area contributed by atoms with Crippen molar-refractivity contribution in [3.05, 3.63) is 29.8 Å². The molecule has 0 aliphatic heterocycles. The Hall–Kier alpha value is -0.835. The monoisotopic (exact) mass is 261 g/mol. The van der Waals surface area contributed by atoms with Crippen molar-refractivity contribution in [2.75, 3.05) is 7.05 Å². The molecule has 1 aromatic carbocycles. The molecule has 0 bridgehead atoms. The summed E-state index contributed by atoms with van der Waals surface area (Å²) < 4.78 is 0. The molecule has 0 spiro atoms. The molecule has 104 valence electrons. The Kier molecular flexibility index (Phi) is 5.02. The average molecular weight is 261 g/mol. The summed E-state index contributed by atoms with van der Waals surface area (Å²) in [7, 11) is 0.762. The predicted octanol–water partition coefficient (Wildman–Crippen LogP) is 1.38. The van der Waals surface area contributed by atoms with Crippen molar-refractivity contribution in [2.24, 2.45) is 5.92 Å². The van der Waals surface area contributed by atoms with Gasteiger partial charge in [0, 0.05) is 12.6 Å². The van der Waals surface area contributed by atoms with Crippen LogP contribution < -0.4 is 5.46 Å². The Balaban J connectivity index is 2.04. The van der Waals surface area contributed by atoms with E-state index in [2.05, 4.69) is 18.9 Å². The maximum Gasteiger partial charge on any atom is 0.488 e. The zero-order chi connectivity index (χ0) is 13.8. The van der Waals surface area contributed by atoms with E-state index in [1.807, 2.05) is 18.2 Å². The van der Waals surface area contributed by atoms with Crippen LogP contribution in [0.1, 0.15) is 38.2 Å². The zero-order valence-corrected chi connectivity index (χ0v) is 11.9. The van der Waals surface area contributed by atoms with Crippen molar-refractivity contribution >= 4 is 12.6 Å². The van der Waals surface area contributed by atoms with Crippen LogP contribution in [0.4, 0.5) is 0 Å². The Bertz CT molecular complexity index is 411. The molecule has 2 N–H and O–H groups in total. The maximum absolute atomic E-state index is 9.41. The largest absolute Gasteiger partial charge is 0.488 e. The van der Waals surface area contributed by atoms with E-state index in [9.17, 15) is 10.0 Å². The summed E-state index contributed by atoms with van der Waals surface area (Å²) in [5.74, 6) is 0.805. The number of benzene rings is 1. The van der Waals surface area contributed by atoms with Gasteiger partial charge < -0.3 is 10.0 Å². The third-order valence-electron chi connectivity index (χ3n) is 4.29. The average Bonchev–Trinajstić information content (AvgIpc) is 2.39. The molecule has 1 aliphatic rings. The van der Waals surface area contributed by atoms with E-state index in [4.69, 9.17) is 0 Å². The van der Waals surface area contributed by atoms with E-state index in [0.29, 0.717) is 11.5 Å². The molecule has 1 aromatic rings. The van der Waals surface area contributed by atoms with Crippen LogP contribution in [-0.2, 0) is 6.54 Å². The van der Waals surface area contributed by atoms with Gasteiger partial charge in [0.05, 0.1) is 0 Å². The lowest BCUT2D eigenvalue weighted by Crippen LogP contribution is -2.39. The summed E-state index contributed by atoms with van der Waals surface area (Å²) in [6, 6.07) is 8.20. The minimum absolute atomic E-state index is 0.618. The topological polar surface area (TPSA) is 43.7 Å². The van der Waals surface area contributed by atoms with Gasteiger partial charge in [0.2, 0.25) is 0 Å². The van der Waals surface area contributed by atoms with Crippen LogP contribution in [0.5, 0.6) is 0 Å². The molecule has 4 heteroatoms. The van der Waals surface area contributed by atoms with Gasteiger partial charge in [0.25, 0.3) is 0 Å². The fourth-order valence-electron chi connectivity index (χ4n) is 3.13. The molecule has 0 radical (unpaired) electrons. The highest BCUT2D eigenvalue weighted by molar-refractivity contribution is 6.59. The molecular weight excluding hydrogens is 237 g/mol. The summed E-state index contributed by atoms with van der Waals surface area (Å²) in [4.78, 5) is 2.36. The molecule has 1 saturated carbocycles. The quantitative estimate of drug-likeness (QED) is 0.805. The molecule has 0 amide bonds. The molecule has 1 fully saturated rings. The van der Waals surface area contributed by atoms with Crippen LogP contribution in [0.15, 0.2) is 24.3 Å². The molecule has 2 unspecified atom stereocenters. The number of hydrogen-bond acceptors (Lipinski definition) is 3. The Morgan fingerprint density at radius 3 is 2.68 bits per heavy atom. The fraction of sp³-hybridized carbons (Fsp3) is 0.600. The van der Waals surface area contributed by atoms with Gasteiger partial charge in [0.15, 0.2) is 0 Å². The first kappa shape index (κ1) is 14.6. The van der Waals surface area contributed by atoms with Gasteiger partial charge in [-0.25, -0.2) is 0 Å². The summed E-state index contributed by atoms with van der Waals surface area (Å²) in [5, 5.41) is 18.8. The van der Waals surface area contributed by atoms with Crippen molar-refractivity contribution in [1.29, 1.82) is 0 Å². The SMILES string of the molecule is CC1CCCC(N(C)Cc2ccccc2B(O)O)C1. The molecule has 0 heterocycles. The molecule has 19 heavy (non-hydrogen) atoms. The Morgan fingerprint density at radius 2 is 2.00 bits per heavy atom. The summed E-state index contributed by atoms with van der Waals surface area (Å²) in [5.41, 5.74) is 1.64. The molecular formula is C15H24BNO2. The predicted molar refractivity (Wildman–Crippen MR) is 79.2 cm³/mol. The highest BCUT2D eigenvalue weighted by Crippen LogP contribution is 2.27. The lowest BCUT2D eigenvalue weighted by Gasteiger charge is -2.34. The third kappa shape index (κ3) is 3.82. The molecule has 0 aromatic heterocycles. The van der Waals surface area contributed by atoms with Crippen LogP contribution in [0, 0.1) is 5.92 Å². The standard InChI is InChI=1S/C15H24BNO2/c1-12-6-5-8-14(10-12)17(2)11-13-7-3-4-9-15(13)16(18)19/h3-4,7,9,12,14,18-19H,5-6,8,10-11H2,1-2H3. The van der Waals surface area contributed by atoms with Gasteiger partial charge in [-0.2, -0.15) is 0 Å². The molecule has 2 rings (SSSR count). The van der Waals surface area contributed by atoms with Crippen LogP contribution in [-0.4, -0.2) is 35.2 Å². The van der Waals surface area contributed by atoms with E-state index < -0.39 is 7.12 Å². The van der Waals surface area contributed by atoms with Crippen molar-refractivity contribution < 1.29 is 10.0 Å². The third-order valence-corrected chi connectivity index (χ3v) is 4.29. The Morgan fingerprint density at radius 1 is 1.26 bits per heavy atom. The first-order valence-corrected chi connectivity index (χ1v) is 7.22. The van der Waals surface area contributed by atoms with E-state index in [-0.39, 0.29) is 0 Å². The smallest absolute Gasteiger partial charge is 0.423 e. The van der Waals surface area contributed by atoms with Gasteiger partial charge >= 0.3 is 7.12 Å². The van der Waals surface area contributed by atoms with Crippen molar-refractivity contribution in [2.45, 2.75) is 45.2 Å². The van der Waals surface area contributed by atoms with Gasteiger partial charge in [-0.3, -0.25) is 4.90 Å². The fourth-order valence-corrected chi connectivity index (χ4v) is 3.13. The minimum atomic E-state index is -1.38. The first-order valence-electron chi connectivity index (χ1n) is 7.22. The second-order valence-corrected chi connectivity index (χ2v) is 5.91. The van der Waals surface area contributed by atoms with Gasteiger partial charge in [0.1, 0.15) is 0 Å². The van der Waals surface area contributed by atoms with E-state index in [1.165, 1.54) is 25.7 Å². The number of nitrogens with zero attached hydrogens (tertiary/aromatic N) is 1.